The number of nitro groups is 1. The largest absolute Gasteiger partial charge is 0.301 e. The number of non-ortho nitro benzene ring substituents is 1. The summed E-state index contributed by atoms with van der Waals surface area (Å²) in [5.41, 5.74) is 1.03. The Morgan fingerprint density at radius 1 is 1.50 bits per heavy atom. The minimum atomic E-state index is -0.367. The molecule has 0 saturated carbocycles. The minimum Gasteiger partial charge on any atom is -0.301 e. The molecule has 0 aliphatic carbocycles. The van der Waals surface area contributed by atoms with Crippen molar-refractivity contribution in [3.8, 4) is 0 Å². The van der Waals surface area contributed by atoms with E-state index >= 15 is 0 Å². The monoisotopic (exact) mass is 291 g/mol. The second-order valence-electron chi connectivity index (χ2n) is 4.57. The summed E-state index contributed by atoms with van der Waals surface area (Å²) in [6.07, 6.45) is 2.72. The zero-order valence-corrected chi connectivity index (χ0v) is 12.3. The first-order valence-electron chi connectivity index (χ1n) is 6.51. The zero-order valence-electron chi connectivity index (χ0n) is 11.4. The van der Waals surface area contributed by atoms with Gasteiger partial charge in [-0.3, -0.25) is 10.1 Å². The third kappa shape index (κ3) is 3.40. The smallest absolute Gasteiger partial charge is 0.269 e. The quantitative estimate of drug-likeness (QED) is 0.648. The molecule has 6 heteroatoms. The van der Waals surface area contributed by atoms with Crippen LogP contribution in [0.2, 0.25) is 0 Å². The van der Waals surface area contributed by atoms with Crippen LogP contribution in [-0.4, -0.2) is 9.91 Å². The summed E-state index contributed by atoms with van der Waals surface area (Å²) in [6, 6.07) is 6.95. The van der Waals surface area contributed by atoms with E-state index in [0.29, 0.717) is 0 Å². The highest BCUT2D eigenvalue weighted by Crippen LogP contribution is 2.25. The molecular formula is C14H17N3O2S. The molecule has 1 N–H and O–H groups in total. The van der Waals surface area contributed by atoms with Crippen molar-refractivity contribution in [3.05, 3.63) is 56.5 Å². The van der Waals surface area contributed by atoms with Crippen LogP contribution >= 0.6 is 11.3 Å². The molecule has 2 rings (SSSR count). The fourth-order valence-corrected chi connectivity index (χ4v) is 2.86. The van der Waals surface area contributed by atoms with Gasteiger partial charge in [-0.1, -0.05) is 19.1 Å². The van der Waals surface area contributed by atoms with Gasteiger partial charge in [0.25, 0.3) is 5.69 Å². The normalized spacial score (nSPS) is 13.9. The Bertz CT molecular complexity index is 572. The second-order valence-corrected chi connectivity index (χ2v) is 5.50. The molecule has 2 aromatic rings. The fraction of sp³-hybridized carbons (Fsp3) is 0.357. The van der Waals surface area contributed by atoms with Gasteiger partial charge >= 0.3 is 0 Å². The van der Waals surface area contributed by atoms with E-state index in [1.807, 2.05) is 18.4 Å². The number of hydrogen-bond acceptors (Lipinski definition) is 5. The first-order chi connectivity index (χ1) is 9.61. The van der Waals surface area contributed by atoms with Crippen LogP contribution in [0.4, 0.5) is 5.69 Å². The Morgan fingerprint density at radius 2 is 2.30 bits per heavy atom. The number of aromatic nitrogens is 1. The van der Waals surface area contributed by atoms with Crippen LogP contribution in [0.5, 0.6) is 0 Å². The van der Waals surface area contributed by atoms with Gasteiger partial charge in [0.2, 0.25) is 0 Å². The summed E-state index contributed by atoms with van der Waals surface area (Å²) in [6.45, 7) is 4.11. The van der Waals surface area contributed by atoms with Crippen molar-refractivity contribution in [2.75, 3.05) is 0 Å². The summed E-state index contributed by atoms with van der Waals surface area (Å²) >= 11 is 1.62. The second kappa shape index (κ2) is 6.58. The molecule has 0 bridgehead atoms. The molecule has 1 aromatic heterocycles. The van der Waals surface area contributed by atoms with Crippen LogP contribution < -0.4 is 5.32 Å². The summed E-state index contributed by atoms with van der Waals surface area (Å²) < 4.78 is 0. The van der Waals surface area contributed by atoms with E-state index < -0.39 is 0 Å². The van der Waals surface area contributed by atoms with Crippen LogP contribution in [0, 0.1) is 10.1 Å². The zero-order chi connectivity index (χ0) is 14.5. The highest BCUT2D eigenvalue weighted by Gasteiger charge is 2.17. The third-order valence-electron chi connectivity index (χ3n) is 3.19. The number of nitrogens with zero attached hydrogens (tertiary/aromatic N) is 2. The van der Waals surface area contributed by atoms with E-state index in [9.17, 15) is 10.1 Å². The lowest BCUT2D eigenvalue weighted by atomic mass is 10.1. The maximum absolute atomic E-state index is 10.8. The molecule has 0 aliphatic rings. The average molecular weight is 291 g/mol. The molecule has 0 aliphatic heterocycles. The van der Waals surface area contributed by atoms with Gasteiger partial charge in [0.15, 0.2) is 0 Å². The van der Waals surface area contributed by atoms with E-state index in [4.69, 9.17) is 0 Å². The maximum atomic E-state index is 10.8. The number of nitro benzene ring substituents is 1. The van der Waals surface area contributed by atoms with Crippen molar-refractivity contribution in [2.24, 2.45) is 0 Å². The van der Waals surface area contributed by atoms with Crippen LogP contribution in [0.15, 0.2) is 35.8 Å². The molecule has 1 aromatic carbocycles. The molecule has 0 amide bonds. The molecule has 1 heterocycles. The predicted molar refractivity (Wildman–Crippen MR) is 79.8 cm³/mol. The first kappa shape index (κ1) is 14.6. The van der Waals surface area contributed by atoms with Crippen LogP contribution in [0.25, 0.3) is 0 Å². The molecule has 2 atom stereocenters. The van der Waals surface area contributed by atoms with Crippen LogP contribution in [0.3, 0.4) is 0 Å². The van der Waals surface area contributed by atoms with Gasteiger partial charge in [0, 0.05) is 29.8 Å². The van der Waals surface area contributed by atoms with E-state index in [0.717, 1.165) is 17.0 Å². The summed E-state index contributed by atoms with van der Waals surface area (Å²) in [5, 5.41) is 17.3. The van der Waals surface area contributed by atoms with Crippen molar-refractivity contribution < 1.29 is 4.92 Å². The highest BCUT2D eigenvalue weighted by atomic mass is 32.1. The topological polar surface area (TPSA) is 68.1 Å². The predicted octanol–water partition coefficient (Wildman–Crippen LogP) is 3.85. The van der Waals surface area contributed by atoms with Gasteiger partial charge in [-0.15, -0.1) is 11.3 Å². The molecule has 5 nitrogen and oxygen atoms in total. The van der Waals surface area contributed by atoms with Gasteiger partial charge in [0.05, 0.1) is 11.0 Å². The molecule has 0 radical (unpaired) electrons. The Hall–Kier alpha value is -1.79. The molecule has 0 fully saturated rings. The van der Waals surface area contributed by atoms with Crippen molar-refractivity contribution in [1.82, 2.24) is 10.3 Å². The standard InChI is InChI=1S/C14H17N3O2S/c1-3-13(14-15-7-8-20-14)16-10(2)11-5-4-6-12(9-11)17(18)19/h4-10,13,16H,3H2,1-2H3. The minimum absolute atomic E-state index is 0.0312. The van der Waals surface area contributed by atoms with Gasteiger partial charge < -0.3 is 5.32 Å². The lowest BCUT2D eigenvalue weighted by molar-refractivity contribution is -0.384. The van der Waals surface area contributed by atoms with Crippen molar-refractivity contribution in [1.29, 1.82) is 0 Å². The van der Waals surface area contributed by atoms with Crippen molar-refractivity contribution >= 4 is 17.0 Å². The SMILES string of the molecule is CCC(NC(C)c1cccc([N+](=O)[O-])c1)c1nccs1. The number of hydrogen-bond donors (Lipinski definition) is 1. The van der Waals surface area contributed by atoms with E-state index in [1.54, 1.807) is 29.7 Å². The fourth-order valence-electron chi connectivity index (χ4n) is 2.08. The number of rotatable bonds is 6. The van der Waals surface area contributed by atoms with E-state index in [2.05, 4.69) is 17.2 Å². The van der Waals surface area contributed by atoms with Gasteiger partial charge in [0.1, 0.15) is 5.01 Å². The highest BCUT2D eigenvalue weighted by molar-refractivity contribution is 7.09. The maximum Gasteiger partial charge on any atom is 0.269 e. The molecule has 0 saturated heterocycles. The number of thiazole rings is 1. The molecule has 106 valence electrons. The summed E-state index contributed by atoms with van der Waals surface area (Å²) in [4.78, 5) is 14.8. The molecular weight excluding hydrogens is 274 g/mol. The number of nitrogens with one attached hydrogen (secondary N) is 1. The van der Waals surface area contributed by atoms with Crippen LogP contribution in [0.1, 0.15) is 42.9 Å². The van der Waals surface area contributed by atoms with Gasteiger partial charge in [-0.05, 0) is 18.9 Å². The lowest BCUT2D eigenvalue weighted by Gasteiger charge is -2.20. The Kier molecular flexibility index (Phi) is 4.81. The first-order valence-corrected chi connectivity index (χ1v) is 7.39. The van der Waals surface area contributed by atoms with E-state index in [1.165, 1.54) is 6.07 Å². The molecule has 0 spiro atoms. The van der Waals surface area contributed by atoms with Crippen molar-refractivity contribution in [3.63, 3.8) is 0 Å². The average Bonchev–Trinajstić information content (AvgIpc) is 2.98. The number of benzene rings is 1. The lowest BCUT2D eigenvalue weighted by Crippen LogP contribution is -2.24. The summed E-state index contributed by atoms with van der Waals surface area (Å²) in [7, 11) is 0. The Morgan fingerprint density at radius 3 is 2.90 bits per heavy atom. The van der Waals surface area contributed by atoms with Gasteiger partial charge in [-0.2, -0.15) is 0 Å². The van der Waals surface area contributed by atoms with E-state index in [-0.39, 0.29) is 22.7 Å². The summed E-state index contributed by atoms with van der Waals surface area (Å²) in [5.74, 6) is 0. The Labute approximate surface area is 121 Å². The Balaban J connectivity index is 2.13. The van der Waals surface area contributed by atoms with Gasteiger partial charge in [-0.25, -0.2) is 4.98 Å². The van der Waals surface area contributed by atoms with Crippen LogP contribution in [-0.2, 0) is 0 Å². The third-order valence-corrected chi connectivity index (χ3v) is 4.08. The molecule has 20 heavy (non-hydrogen) atoms. The molecule has 2 unspecified atom stereocenters. The van der Waals surface area contributed by atoms with Crippen molar-refractivity contribution in [2.45, 2.75) is 32.4 Å².